The van der Waals surface area contributed by atoms with Crippen molar-refractivity contribution in [2.24, 2.45) is 11.1 Å². The van der Waals surface area contributed by atoms with Crippen LogP contribution in [-0.4, -0.2) is 30.7 Å². The molecule has 0 unspecified atom stereocenters. The van der Waals surface area contributed by atoms with Crippen molar-refractivity contribution in [2.45, 2.75) is 43.7 Å². The number of amides is 1. The minimum Gasteiger partial charge on any atom is -0.381 e. The van der Waals surface area contributed by atoms with Gasteiger partial charge in [0.25, 0.3) is 0 Å². The first-order valence-corrected chi connectivity index (χ1v) is 5.80. The van der Waals surface area contributed by atoms with Crippen LogP contribution in [0.5, 0.6) is 0 Å². The summed E-state index contributed by atoms with van der Waals surface area (Å²) in [6.07, 6.45) is 4.60. The minimum absolute atomic E-state index is 0.0208. The molecular formula is C11H18N2O2. The van der Waals surface area contributed by atoms with E-state index in [0.717, 1.165) is 45.3 Å². The van der Waals surface area contributed by atoms with E-state index in [1.54, 1.807) is 0 Å². The lowest BCUT2D eigenvalue weighted by Gasteiger charge is -2.67. The third-order valence-electron chi connectivity index (χ3n) is 4.11. The number of carbonyl (C=O) groups excluding carboxylic acids is 1. The van der Waals surface area contributed by atoms with Gasteiger partial charge in [0.2, 0.25) is 5.91 Å². The molecule has 15 heavy (non-hydrogen) atoms. The summed E-state index contributed by atoms with van der Waals surface area (Å²) in [6, 6.07) is 0.328. The molecule has 2 bridgehead atoms. The minimum atomic E-state index is -0.0763. The van der Waals surface area contributed by atoms with E-state index in [1.165, 1.54) is 0 Å². The van der Waals surface area contributed by atoms with Crippen molar-refractivity contribution in [3.63, 3.8) is 0 Å². The molecule has 1 amide bonds. The molecule has 4 rings (SSSR count). The maximum atomic E-state index is 12.0. The molecule has 3 N–H and O–H groups in total. The summed E-state index contributed by atoms with van der Waals surface area (Å²) in [7, 11) is 0. The van der Waals surface area contributed by atoms with E-state index in [4.69, 9.17) is 10.5 Å². The quantitative estimate of drug-likeness (QED) is 0.682. The smallest absolute Gasteiger partial charge is 0.226 e. The lowest BCUT2D eigenvalue weighted by Crippen LogP contribution is -2.76. The van der Waals surface area contributed by atoms with Gasteiger partial charge in [0.05, 0.1) is 5.41 Å². The monoisotopic (exact) mass is 210 g/mol. The zero-order valence-corrected chi connectivity index (χ0v) is 8.92. The van der Waals surface area contributed by atoms with Gasteiger partial charge in [-0.2, -0.15) is 0 Å². The third-order valence-corrected chi connectivity index (χ3v) is 4.11. The van der Waals surface area contributed by atoms with Crippen LogP contribution in [0.4, 0.5) is 0 Å². The molecule has 84 valence electrons. The summed E-state index contributed by atoms with van der Waals surface area (Å²) in [6.45, 7) is 1.55. The summed E-state index contributed by atoms with van der Waals surface area (Å²) in [4.78, 5) is 12.0. The van der Waals surface area contributed by atoms with E-state index in [-0.39, 0.29) is 16.9 Å². The molecule has 0 aromatic carbocycles. The molecule has 1 heterocycles. The Balaban J connectivity index is 1.53. The highest BCUT2D eigenvalue weighted by Crippen LogP contribution is 2.65. The normalized spacial score (nSPS) is 44.1. The Hall–Kier alpha value is -0.610. The zero-order chi connectivity index (χ0) is 10.5. The average molecular weight is 210 g/mol. The lowest BCUT2D eigenvalue weighted by molar-refractivity contribution is -0.173. The highest BCUT2D eigenvalue weighted by Gasteiger charge is 2.69. The lowest BCUT2D eigenvalue weighted by atomic mass is 9.39. The van der Waals surface area contributed by atoms with Gasteiger partial charge in [-0.05, 0) is 32.1 Å². The van der Waals surface area contributed by atoms with Crippen LogP contribution in [0, 0.1) is 5.41 Å². The van der Waals surface area contributed by atoms with Crippen LogP contribution in [0.3, 0.4) is 0 Å². The van der Waals surface area contributed by atoms with E-state index in [1.807, 2.05) is 0 Å². The highest BCUT2D eigenvalue weighted by atomic mass is 16.5. The first kappa shape index (κ1) is 9.60. The number of rotatable bonds is 2. The molecule has 4 fully saturated rings. The summed E-state index contributed by atoms with van der Waals surface area (Å²) in [5, 5.41) is 3.14. The topological polar surface area (TPSA) is 64.4 Å². The third kappa shape index (κ3) is 1.39. The first-order chi connectivity index (χ1) is 7.12. The maximum Gasteiger partial charge on any atom is 0.226 e. The van der Waals surface area contributed by atoms with E-state index in [9.17, 15) is 4.79 Å². The molecule has 4 nitrogen and oxygen atoms in total. The Bertz CT molecular complexity index is 277. The van der Waals surface area contributed by atoms with Crippen LogP contribution in [-0.2, 0) is 9.53 Å². The molecule has 0 spiro atoms. The number of nitrogens with one attached hydrogen (secondary N) is 1. The van der Waals surface area contributed by atoms with Crippen LogP contribution < -0.4 is 11.1 Å². The second-order valence-electron chi connectivity index (χ2n) is 5.53. The first-order valence-electron chi connectivity index (χ1n) is 5.80. The molecule has 3 saturated carbocycles. The van der Waals surface area contributed by atoms with Crippen molar-refractivity contribution in [3.8, 4) is 0 Å². The van der Waals surface area contributed by atoms with Crippen LogP contribution in [0.1, 0.15) is 32.1 Å². The molecule has 4 heteroatoms. The Morgan fingerprint density at radius 3 is 2.40 bits per heavy atom. The summed E-state index contributed by atoms with van der Waals surface area (Å²) < 4.78 is 5.26. The van der Waals surface area contributed by atoms with E-state index in [0.29, 0.717) is 6.04 Å². The number of nitrogens with two attached hydrogens (primary N) is 1. The van der Waals surface area contributed by atoms with E-state index >= 15 is 0 Å². The van der Waals surface area contributed by atoms with Gasteiger partial charge in [-0.1, -0.05) is 0 Å². The second-order valence-corrected chi connectivity index (χ2v) is 5.53. The fraction of sp³-hybridized carbons (Fsp3) is 0.909. The molecule has 1 aliphatic heterocycles. The largest absolute Gasteiger partial charge is 0.381 e. The number of ether oxygens (including phenoxy) is 1. The van der Waals surface area contributed by atoms with Crippen molar-refractivity contribution in [3.05, 3.63) is 0 Å². The summed E-state index contributed by atoms with van der Waals surface area (Å²) in [5.74, 6) is 0.238. The standard InChI is InChI=1S/C11H18N2O2/c12-11-5-10(6-11,7-11)9(14)13-8-1-3-15-4-2-8/h8H,1-7,12H2,(H,13,14). The van der Waals surface area contributed by atoms with Crippen LogP contribution in [0.15, 0.2) is 0 Å². The highest BCUT2D eigenvalue weighted by molar-refractivity contribution is 5.87. The fourth-order valence-corrected chi connectivity index (χ4v) is 3.29. The summed E-state index contributed by atoms with van der Waals surface area (Å²) in [5.41, 5.74) is 5.89. The SMILES string of the molecule is NC12CC(C(=O)NC3CCOCC3)(C1)C2. The number of carbonyl (C=O) groups is 1. The Morgan fingerprint density at radius 2 is 1.87 bits per heavy atom. The second kappa shape index (κ2) is 2.95. The van der Waals surface area contributed by atoms with Gasteiger partial charge in [-0.15, -0.1) is 0 Å². The van der Waals surface area contributed by atoms with Gasteiger partial charge >= 0.3 is 0 Å². The van der Waals surface area contributed by atoms with Crippen molar-refractivity contribution < 1.29 is 9.53 Å². The van der Waals surface area contributed by atoms with Crippen molar-refractivity contribution >= 4 is 5.91 Å². The molecule has 0 aromatic heterocycles. The van der Waals surface area contributed by atoms with Gasteiger partial charge < -0.3 is 15.8 Å². The van der Waals surface area contributed by atoms with Crippen molar-refractivity contribution in [2.75, 3.05) is 13.2 Å². The Labute approximate surface area is 89.5 Å². The fourth-order valence-electron chi connectivity index (χ4n) is 3.29. The van der Waals surface area contributed by atoms with Crippen molar-refractivity contribution in [1.82, 2.24) is 5.32 Å². The van der Waals surface area contributed by atoms with Gasteiger partial charge in [0, 0.05) is 24.8 Å². The van der Waals surface area contributed by atoms with Gasteiger partial charge in [0.1, 0.15) is 0 Å². The van der Waals surface area contributed by atoms with Gasteiger partial charge in [0.15, 0.2) is 0 Å². The van der Waals surface area contributed by atoms with Crippen molar-refractivity contribution in [1.29, 1.82) is 0 Å². The molecule has 0 aromatic rings. The average Bonchev–Trinajstić information content (AvgIpc) is 2.13. The molecule has 0 atom stereocenters. The summed E-state index contributed by atoms with van der Waals surface area (Å²) >= 11 is 0. The van der Waals surface area contributed by atoms with E-state index < -0.39 is 0 Å². The Morgan fingerprint density at radius 1 is 1.27 bits per heavy atom. The Kier molecular flexibility index (Phi) is 1.89. The predicted octanol–water partition coefficient (Wildman–Crippen LogP) is 0.163. The van der Waals surface area contributed by atoms with Gasteiger partial charge in [-0.3, -0.25) is 4.79 Å². The molecular weight excluding hydrogens is 192 g/mol. The van der Waals surface area contributed by atoms with Gasteiger partial charge in [-0.25, -0.2) is 0 Å². The molecule has 3 aliphatic carbocycles. The molecule has 0 radical (unpaired) electrons. The van der Waals surface area contributed by atoms with E-state index in [2.05, 4.69) is 5.32 Å². The van der Waals surface area contributed by atoms with Crippen LogP contribution >= 0.6 is 0 Å². The number of hydrogen-bond acceptors (Lipinski definition) is 3. The predicted molar refractivity (Wildman–Crippen MR) is 55.2 cm³/mol. The molecule has 4 aliphatic rings. The maximum absolute atomic E-state index is 12.0. The zero-order valence-electron chi connectivity index (χ0n) is 8.92. The molecule has 1 saturated heterocycles. The van der Waals surface area contributed by atoms with Crippen LogP contribution in [0.25, 0.3) is 0 Å². The van der Waals surface area contributed by atoms with Crippen LogP contribution in [0.2, 0.25) is 0 Å². The number of hydrogen-bond donors (Lipinski definition) is 2.